The van der Waals surface area contributed by atoms with Gasteiger partial charge in [-0.25, -0.2) is 4.99 Å². The van der Waals surface area contributed by atoms with E-state index < -0.39 is 12.2 Å². The zero-order valence-corrected chi connectivity index (χ0v) is 17.7. The molecule has 0 aliphatic rings. The van der Waals surface area contributed by atoms with E-state index in [1.165, 1.54) is 13.2 Å². The number of guanidine groups is 1. The number of benzene rings is 1. The third kappa shape index (κ3) is 6.91. The van der Waals surface area contributed by atoms with Crippen LogP contribution in [0.4, 0.5) is 8.78 Å². The number of ether oxygens (including phenoxy) is 2. The minimum absolute atomic E-state index is 0.00429. The number of rotatable bonds is 10. The van der Waals surface area contributed by atoms with Crippen molar-refractivity contribution in [2.75, 3.05) is 26.7 Å². The molecule has 1 aromatic heterocycles. The van der Waals surface area contributed by atoms with Crippen LogP contribution in [-0.4, -0.2) is 44.4 Å². The lowest BCUT2D eigenvalue weighted by atomic mass is 10.0. The molecule has 1 aromatic carbocycles. The van der Waals surface area contributed by atoms with Gasteiger partial charge in [-0.05, 0) is 57.0 Å². The van der Waals surface area contributed by atoms with Gasteiger partial charge in [0.1, 0.15) is 17.1 Å². The van der Waals surface area contributed by atoms with E-state index in [4.69, 9.17) is 9.15 Å². The first-order valence-electron chi connectivity index (χ1n) is 9.68. The lowest BCUT2D eigenvalue weighted by Crippen LogP contribution is -2.39. The van der Waals surface area contributed by atoms with Crippen LogP contribution in [0.3, 0.4) is 0 Å². The number of aliphatic imine (C=N–C) groups is 1. The van der Waals surface area contributed by atoms with Crippen molar-refractivity contribution in [3.8, 4) is 11.5 Å². The minimum atomic E-state index is -2.93. The minimum Gasteiger partial charge on any atom is -0.493 e. The van der Waals surface area contributed by atoms with Gasteiger partial charge in [0.2, 0.25) is 0 Å². The lowest BCUT2D eigenvalue weighted by Gasteiger charge is -2.19. The van der Waals surface area contributed by atoms with E-state index in [9.17, 15) is 13.9 Å². The van der Waals surface area contributed by atoms with Gasteiger partial charge in [0.05, 0.1) is 13.7 Å². The molecule has 0 saturated heterocycles. The summed E-state index contributed by atoms with van der Waals surface area (Å²) in [6.45, 7) is 3.70. The highest BCUT2D eigenvalue weighted by Crippen LogP contribution is 2.29. The van der Waals surface area contributed by atoms with Crippen molar-refractivity contribution in [3.05, 3.63) is 47.4 Å². The van der Waals surface area contributed by atoms with Gasteiger partial charge >= 0.3 is 6.61 Å². The molecule has 30 heavy (non-hydrogen) atoms. The molecule has 0 spiro atoms. The molecule has 1 atom stereocenters. The highest BCUT2D eigenvalue weighted by Gasteiger charge is 2.26. The Hall–Kier alpha value is -2.81. The zero-order valence-electron chi connectivity index (χ0n) is 17.7. The summed E-state index contributed by atoms with van der Waals surface area (Å²) >= 11 is 0. The van der Waals surface area contributed by atoms with Crippen LogP contribution in [0.25, 0.3) is 0 Å². The van der Waals surface area contributed by atoms with Crippen molar-refractivity contribution in [3.63, 3.8) is 0 Å². The molecule has 7 nitrogen and oxygen atoms in total. The van der Waals surface area contributed by atoms with Crippen molar-refractivity contribution < 1.29 is 27.8 Å². The van der Waals surface area contributed by atoms with Gasteiger partial charge in [0, 0.05) is 13.1 Å². The fourth-order valence-electron chi connectivity index (χ4n) is 2.77. The van der Waals surface area contributed by atoms with Crippen LogP contribution in [-0.2, 0) is 12.0 Å². The van der Waals surface area contributed by atoms with Gasteiger partial charge in [0.15, 0.2) is 17.5 Å². The molecule has 0 aliphatic carbocycles. The second-order valence-corrected chi connectivity index (χ2v) is 6.92. The maximum atomic E-state index is 12.6. The molecule has 0 amide bonds. The maximum absolute atomic E-state index is 12.6. The topological polar surface area (TPSA) is 88.3 Å². The fourth-order valence-corrected chi connectivity index (χ4v) is 2.77. The molecule has 0 saturated carbocycles. The summed E-state index contributed by atoms with van der Waals surface area (Å²) in [5.74, 6) is 1.93. The Bertz CT molecular complexity index is 837. The van der Waals surface area contributed by atoms with Gasteiger partial charge in [-0.15, -0.1) is 0 Å². The number of hydrogen-bond donors (Lipinski definition) is 3. The van der Waals surface area contributed by atoms with E-state index in [-0.39, 0.29) is 18.0 Å². The Labute approximate surface area is 175 Å². The van der Waals surface area contributed by atoms with E-state index in [1.807, 2.05) is 13.8 Å². The molecule has 2 rings (SSSR count). The van der Waals surface area contributed by atoms with Crippen LogP contribution < -0.4 is 20.1 Å². The molecule has 9 heteroatoms. The predicted octanol–water partition coefficient (Wildman–Crippen LogP) is 3.20. The number of hydrogen-bond acceptors (Lipinski definition) is 5. The van der Waals surface area contributed by atoms with Crippen LogP contribution in [0.2, 0.25) is 0 Å². The molecule has 2 aromatic rings. The normalized spacial score (nSPS) is 13.8. The molecule has 0 fully saturated rings. The SMILES string of the molecule is CCNC(=NCC(C)(O)c1ccc(C)o1)NCCc1ccc(OC)c(OC(F)F)c1. The van der Waals surface area contributed by atoms with Crippen molar-refractivity contribution in [1.82, 2.24) is 10.6 Å². The Balaban J connectivity index is 1.98. The summed E-state index contributed by atoms with van der Waals surface area (Å²) in [7, 11) is 1.40. The van der Waals surface area contributed by atoms with Crippen LogP contribution in [0.15, 0.2) is 39.7 Å². The molecule has 0 radical (unpaired) electrons. The quantitative estimate of drug-likeness (QED) is 0.400. The molecule has 1 heterocycles. The van der Waals surface area contributed by atoms with Crippen molar-refractivity contribution in [2.24, 2.45) is 4.99 Å². The summed E-state index contributed by atoms with van der Waals surface area (Å²) in [4.78, 5) is 4.43. The number of methoxy groups -OCH3 is 1. The predicted molar refractivity (Wildman–Crippen MR) is 110 cm³/mol. The summed E-state index contributed by atoms with van der Waals surface area (Å²) in [5.41, 5.74) is -0.443. The van der Waals surface area contributed by atoms with E-state index in [2.05, 4.69) is 20.4 Å². The number of nitrogens with one attached hydrogen (secondary N) is 2. The van der Waals surface area contributed by atoms with Crippen LogP contribution in [0.1, 0.15) is 30.9 Å². The maximum Gasteiger partial charge on any atom is 0.387 e. The van der Waals surface area contributed by atoms with E-state index in [0.29, 0.717) is 37.0 Å². The van der Waals surface area contributed by atoms with Gasteiger partial charge in [-0.2, -0.15) is 8.78 Å². The number of halogens is 2. The Morgan fingerprint density at radius 3 is 2.60 bits per heavy atom. The largest absolute Gasteiger partial charge is 0.493 e. The van der Waals surface area contributed by atoms with Crippen molar-refractivity contribution in [1.29, 1.82) is 0 Å². The molecule has 0 bridgehead atoms. The van der Waals surface area contributed by atoms with Gasteiger partial charge in [-0.1, -0.05) is 6.07 Å². The highest BCUT2D eigenvalue weighted by atomic mass is 19.3. The molecule has 0 aliphatic heterocycles. The molecular weight excluding hydrogens is 396 g/mol. The second kappa shape index (κ2) is 10.8. The number of furan rings is 1. The Morgan fingerprint density at radius 2 is 2.00 bits per heavy atom. The molecule has 3 N–H and O–H groups in total. The number of alkyl halides is 2. The smallest absolute Gasteiger partial charge is 0.387 e. The first kappa shape index (κ1) is 23.5. The molecule has 1 unspecified atom stereocenters. The average Bonchev–Trinajstić information content (AvgIpc) is 3.13. The summed E-state index contributed by atoms with van der Waals surface area (Å²) < 4.78 is 40.2. The standard InChI is InChI=1S/C21H29F2N3O4/c1-5-24-20(26-13-21(3,27)18-9-6-14(2)29-18)25-11-10-15-7-8-16(28-4)17(12-15)30-19(22)23/h6-9,12,19,27H,5,10-11,13H2,1-4H3,(H2,24,25,26). The summed E-state index contributed by atoms with van der Waals surface area (Å²) in [5, 5.41) is 16.9. The van der Waals surface area contributed by atoms with Gasteiger partial charge < -0.3 is 29.6 Å². The fraction of sp³-hybridized carbons (Fsp3) is 0.476. The van der Waals surface area contributed by atoms with Gasteiger partial charge in [0.25, 0.3) is 0 Å². The monoisotopic (exact) mass is 425 g/mol. The average molecular weight is 425 g/mol. The Kier molecular flexibility index (Phi) is 8.46. The highest BCUT2D eigenvalue weighted by molar-refractivity contribution is 5.79. The van der Waals surface area contributed by atoms with E-state index >= 15 is 0 Å². The van der Waals surface area contributed by atoms with Crippen LogP contribution >= 0.6 is 0 Å². The third-order valence-corrected chi connectivity index (χ3v) is 4.31. The van der Waals surface area contributed by atoms with Crippen molar-refractivity contribution >= 4 is 5.96 Å². The first-order valence-corrected chi connectivity index (χ1v) is 9.68. The van der Waals surface area contributed by atoms with Crippen LogP contribution in [0.5, 0.6) is 11.5 Å². The van der Waals surface area contributed by atoms with E-state index in [0.717, 1.165) is 5.56 Å². The van der Waals surface area contributed by atoms with E-state index in [1.54, 1.807) is 31.2 Å². The molecule has 166 valence electrons. The van der Waals surface area contributed by atoms with Crippen molar-refractivity contribution in [2.45, 2.75) is 39.4 Å². The first-order chi connectivity index (χ1) is 14.2. The summed E-state index contributed by atoms with van der Waals surface area (Å²) in [6, 6.07) is 8.42. The lowest BCUT2D eigenvalue weighted by molar-refractivity contribution is -0.0512. The number of aliphatic hydroxyl groups is 1. The summed E-state index contributed by atoms with van der Waals surface area (Å²) in [6.07, 6.45) is 0.543. The molecular formula is C21H29F2N3O4. The Morgan fingerprint density at radius 1 is 1.23 bits per heavy atom. The number of aryl methyl sites for hydroxylation is 1. The second-order valence-electron chi connectivity index (χ2n) is 6.92. The number of nitrogens with zero attached hydrogens (tertiary/aromatic N) is 1. The third-order valence-electron chi connectivity index (χ3n) is 4.31. The van der Waals surface area contributed by atoms with Gasteiger partial charge in [-0.3, -0.25) is 0 Å². The zero-order chi connectivity index (χ0) is 22.1. The van der Waals surface area contributed by atoms with Crippen LogP contribution in [0, 0.1) is 6.92 Å².